The molecule has 27 heavy (non-hydrogen) atoms. The van der Waals surface area contributed by atoms with Gasteiger partial charge in [-0.15, -0.1) is 0 Å². The van der Waals surface area contributed by atoms with Gasteiger partial charge in [0.15, 0.2) is 12.4 Å². The molecule has 0 fully saturated rings. The van der Waals surface area contributed by atoms with E-state index in [-0.39, 0.29) is 18.0 Å². The summed E-state index contributed by atoms with van der Waals surface area (Å²) in [5.41, 5.74) is 0.646. The van der Waals surface area contributed by atoms with Gasteiger partial charge in [-0.05, 0) is 36.8 Å². The van der Waals surface area contributed by atoms with Crippen molar-refractivity contribution in [1.29, 1.82) is 0 Å². The van der Waals surface area contributed by atoms with Gasteiger partial charge in [-0.25, -0.2) is 4.79 Å². The highest BCUT2D eigenvalue weighted by atomic mass is 16.6. The monoisotopic (exact) mass is 372 g/mol. The van der Waals surface area contributed by atoms with E-state index in [4.69, 9.17) is 9.47 Å². The van der Waals surface area contributed by atoms with Crippen LogP contribution < -0.4 is 10.1 Å². The Morgan fingerprint density at radius 2 is 1.81 bits per heavy atom. The fourth-order valence-electron chi connectivity index (χ4n) is 2.15. The molecule has 0 atom stereocenters. The maximum Gasteiger partial charge on any atom is 0.338 e. The molecular formula is C19H20N2O6. The van der Waals surface area contributed by atoms with Crippen molar-refractivity contribution in [2.24, 2.45) is 0 Å². The SMILES string of the molecule is CCCCOC(=O)c1ccc(NC(=O)COc2ccccc2[N+](=O)[O-])cc1. The predicted molar refractivity (Wildman–Crippen MR) is 98.9 cm³/mol. The lowest BCUT2D eigenvalue weighted by Crippen LogP contribution is -2.20. The number of ether oxygens (including phenoxy) is 2. The van der Waals surface area contributed by atoms with E-state index in [2.05, 4.69) is 5.32 Å². The number of hydrogen-bond donors (Lipinski definition) is 1. The normalized spacial score (nSPS) is 10.1. The Bertz CT molecular complexity index is 804. The fraction of sp³-hybridized carbons (Fsp3) is 0.263. The number of nitro benzene ring substituents is 1. The molecule has 0 saturated carbocycles. The van der Waals surface area contributed by atoms with Crippen LogP contribution in [0.5, 0.6) is 5.75 Å². The Kier molecular flexibility index (Phi) is 7.30. The summed E-state index contributed by atoms with van der Waals surface area (Å²) in [4.78, 5) is 34.1. The highest BCUT2D eigenvalue weighted by Gasteiger charge is 2.15. The molecule has 0 bridgehead atoms. The third-order valence-electron chi connectivity index (χ3n) is 3.56. The number of carbonyl (C=O) groups excluding carboxylic acids is 2. The van der Waals surface area contributed by atoms with Gasteiger partial charge >= 0.3 is 11.7 Å². The minimum Gasteiger partial charge on any atom is -0.477 e. The largest absolute Gasteiger partial charge is 0.477 e. The number of esters is 1. The molecule has 2 rings (SSSR count). The van der Waals surface area contributed by atoms with Crippen molar-refractivity contribution in [2.75, 3.05) is 18.5 Å². The Hall–Kier alpha value is -3.42. The third-order valence-corrected chi connectivity index (χ3v) is 3.56. The minimum atomic E-state index is -0.578. The molecule has 2 aromatic rings. The smallest absolute Gasteiger partial charge is 0.338 e. The van der Waals surface area contributed by atoms with Gasteiger partial charge < -0.3 is 14.8 Å². The van der Waals surface area contributed by atoms with Crippen LogP contribution in [0, 0.1) is 10.1 Å². The van der Waals surface area contributed by atoms with E-state index in [0.29, 0.717) is 17.9 Å². The summed E-state index contributed by atoms with van der Waals surface area (Å²) in [6.45, 7) is 1.99. The van der Waals surface area contributed by atoms with Crippen LogP contribution in [-0.2, 0) is 9.53 Å². The summed E-state index contributed by atoms with van der Waals surface area (Å²) in [6.07, 6.45) is 1.74. The van der Waals surface area contributed by atoms with E-state index < -0.39 is 16.8 Å². The molecule has 1 N–H and O–H groups in total. The van der Waals surface area contributed by atoms with E-state index in [1.807, 2.05) is 6.92 Å². The topological polar surface area (TPSA) is 108 Å². The first kappa shape index (κ1) is 19.9. The first-order chi connectivity index (χ1) is 13.0. The average Bonchev–Trinajstić information content (AvgIpc) is 2.67. The summed E-state index contributed by atoms with van der Waals surface area (Å²) < 4.78 is 10.3. The summed E-state index contributed by atoms with van der Waals surface area (Å²) in [5, 5.41) is 13.5. The van der Waals surface area contributed by atoms with Gasteiger partial charge in [0.2, 0.25) is 0 Å². The number of benzene rings is 2. The molecule has 0 unspecified atom stereocenters. The van der Waals surface area contributed by atoms with Gasteiger partial charge in [-0.1, -0.05) is 25.5 Å². The molecule has 8 heteroatoms. The Morgan fingerprint density at radius 3 is 2.48 bits per heavy atom. The van der Waals surface area contributed by atoms with Gasteiger partial charge in [0.05, 0.1) is 17.1 Å². The maximum atomic E-state index is 12.0. The molecular weight excluding hydrogens is 352 g/mol. The van der Waals surface area contributed by atoms with Gasteiger partial charge in [-0.2, -0.15) is 0 Å². The molecule has 0 aliphatic rings. The average molecular weight is 372 g/mol. The van der Waals surface area contributed by atoms with Crippen LogP contribution >= 0.6 is 0 Å². The fourth-order valence-corrected chi connectivity index (χ4v) is 2.15. The van der Waals surface area contributed by atoms with Gasteiger partial charge in [0.1, 0.15) is 0 Å². The zero-order valence-electron chi connectivity index (χ0n) is 14.8. The second-order valence-corrected chi connectivity index (χ2v) is 5.63. The van der Waals surface area contributed by atoms with Gasteiger partial charge in [0.25, 0.3) is 5.91 Å². The molecule has 142 valence electrons. The number of carbonyl (C=O) groups is 2. The number of rotatable bonds is 9. The Balaban J connectivity index is 1.87. The molecule has 0 saturated heterocycles. The van der Waals surface area contributed by atoms with Crippen LogP contribution in [-0.4, -0.2) is 30.0 Å². The molecule has 8 nitrogen and oxygen atoms in total. The summed E-state index contributed by atoms with van der Waals surface area (Å²) in [6, 6.07) is 12.0. The van der Waals surface area contributed by atoms with Crippen LogP contribution in [0.25, 0.3) is 0 Å². The molecule has 0 radical (unpaired) electrons. The zero-order chi connectivity index (χ0) is 19.6. The van der Waals surface area contributed by atoms with E-state index in [1.54, 1.807) is 30.3 Å². The Morgan fingerprint density at radius 1 is 1.11 bits per heavy atom. The molecule has 0 spiro atoms. The van der Waals surface area contributed by atoms with Crippen molar-refractivity contribution in [3.8, 4) is 5.75 Å². The number of nitrogens with one attached hydrogen (secondary N) is 1. The van der Waals surface area contributed by atoms with E-state index in [0.717, 1.165) is 12.8 Å². The number of anilines is 1. The highest BCUT2D eigenvalue weighted by molar-refractivity contribution is 5.93. The number of hydrogen-bond acceptors (Lipinski definition) is 6. The zero-order valence-corrected chi connectivity index (χ0v) is 14.8. The molecule has 1 amide bonds. The van der Waals surface area contributed by atoms with Crippen LogP contribution in [0.1, 0.15) is 30.1 Å². The number of nitrogens with zero attached hydrogens (tertiary/aromatic N) is 1. The lowest BCUT2D eigenvalue weighted by Gasteiger charge is -2.08. The second-order valence-electron chi connectivity index (χ2n) is 5.63. The molecule has 0 heterocycles. The number of para-hydroxylation sites is 2. The van der Waals surface area contributed by atoms with E-state index in [9.17, 15) is 19.7 Å². The van der Waals surface area contributed by atoms with Crippen LogP contribution in [0.15, 0.2) is 48.5 Å². The standard InChI is InChI=1S/C19H20N2O6/c1-2-3-12-26-19(23)14-8-10-15(11-9-14)20-18(22)13-27-17-7-5-4-6-16(17)21(24)25/h4-11H,2-3,12-13H2,1H3,(H,20,22). The summed E-state index contributed by atoms with van der Waals surface area (Å²) in [5.74, 6) is -0.879. The van der Waals surface area contributed by atoms with Crippen LogP contribution in [0.4, 0.5) is 11.4 Å². The van der Waals surface area contributed by atoms with Crippen molar-refractivity contribution >= 4 is 23.3 Å². The quantitative estimate of drug-likeness (QED) is 0.312. The van der Waals surface area contributed by atoms with Crippen LogP contribution in [0.2, 0.25) is 0 Å². The molecule has 0 aliphatic carbocycles. The Labute approximate surface area is 156 Å². The van der Waals surface area contributed by atoms with Gasteiger partial charge in [0, 0.05) is 11.8 Å². The van der Waals surface area contributed by atoms with E-state index in [1.165, 1.54) is 18.2 Å². The summed E-state index contributed by atoms with van der Waals surface area (Å²) in [7, 11) is 0. The lowest BCUT2D eigenvalue weighted by atomic mass is 10.2. The first-order valence-electron chi connectivity index (χ1n) is 8.44. The van der Waals surface area contributed by atoms with Crippen molar-refractivity contribution in [3.63, 3.8) is 0 Å². The van der Waals surface area contributed by atoms with Crippen molar-refractivity contribution in [1.82, 2.24) is 0 Å². The molecule has 0 aliphatic heterocycles. The molecule has 0 aromatic heterocycles. The van der Waals surface area contributed by atoms with Crippen molar-refractivity contribution < 1.29 is 24.0 Å². The maximum absolute atomic E-state index is 12.0. The summed E-state index contributed by atoms with van der Waals surface area (Å²) >= 11 is 0. The van der Waals surface area contributed by atoms with E-state index >= 15 is 0 Å². The van der Waals surface area contributed by atoms with Crippen molar-refractivity contribution in [2.45, 2.75) is 19.8 Å². The second kappa shape index (κ2) is 9.91. The third kappa shape index (κ3) is 6.10. The first-order valence-corrected chi connectivity index (χ1v) is 8.44. The predicted octanol–water partition coefficient (Wildman–Crippen LogP) is 3.57. The lowest BCUT2D eigenvalue weighted by molar-refractivity contribution is -0.385. The number of nitro groups is 1. The van der Waals surface area contributed by atoms with Crippen LogP contribution in [0.3, 0.4) is 0 Å². The highest BCUT2D eigenvalue weighted by Crippen LogP contribution is 2.25. The van der Waals surface area contributed by atoms with Crippen molar-refractivity contribution in [3.05, 3.63) is 64.2 Å². The molecule has 2 aromatic carbocycles. The van der Waals surface area contributed by atoms with Gasteiger partial charge in [-0.3, -0.25) is 14.9 Å². The number of unbranched alkanes of at least 4 members (excludes halogenated alkanes) is 1. The minimum absolute atomic E-state index is 0.0165. The number of amides is 1.